The molecule has 0 amide bonds. The van der Waals surface area contributed by atoms with Crippen LogP contribution in [0.5, 0.6) is 0 Å². The van der Waals surface area contributed by atoms with Gasteiger partial charge in [0.1, 0.15) is 19.6 Å². The second-order valence-electron chi connectivity index (χ2n) is 6.27. The highest BCUT2D eigenvalue weighted by Crippen LogP contribution is 2.45. The van der Waals surface area contributed by atoms with Gasteiger partial charge in [-0.3, -0.25) is 18.2 Å². The highest BCUT2D eigenvalue weighted by atomic mass is 127. The van der Waals surface area contributed by atoms with Crippen LogP contribution >= 0.6 is 45.2 Å². The average molecular weight is 754 g/mol. The van der Waals surface area contributed by atoms with Crippen molar-refractivity contribution in [2.75, 3.05) is 0 Å². The standard InChI is InChI=1S/C14H12I2O12S4/c1-5-7(15)3-9(29(17,18)19)11(13(5)31(23,24)25)12-10(30(20,21)22)4-8(16)6(2)14(12)32(26,27)28/h3-4H,1-2H3,(H,17,18,19)(H,20,21,22)(H,23,24,25)(H,26,27,28). The van der Waals surface area contributed by atoms with Crippen molar-refractivity contribution in [3.63, 3.8) is 0 Å². The van der Waals surface area contributed by atoms with Crippen molar-refractivity contribution >= 4 is 85.7 Å². The topological polar surface area (TPSA) is 217 Å². The molecule has 0 saturated heterocycles. The number of rotatable bonds is 5. The summed E-state index contributed by atoms with van der Waals surface area (Å²) in [5.41, 5.74) is -3.22. The van der Waals surface area contributed by atoms with Crippen LogP contribution in [0.1, 0.15) is 11.1 Å². The molecule has 12 nitrogen and oxygen atoms in total. The van der Waals surface area contributed by atoms with Gasteiger partial charge in [-0.15, -0.1) is 0 Å². The van der Waals surface area contributed by atoms with Gasteiger partial charge >= 0.3 is 0 Å². The minimum absolute atomic E-state index is 0.129. The molecule has 0 heterocycles. The van der Waals surface area contributed by atoms with E-state index < -0.39 is 71.2 Å². The molecule has 0 aromatic heterocycles. The minimum atomic E-state index is -5.40. The molecule has 178 valence electrons. The molecule has 18 heteroatoms. The fourth-order valence-corrected chi connectivity index (χ4v) is 8.40. The third-order valence-corrected chi connectivity index (χ3v) is 10.2. The first-order chi connectivity index (χ1) is 14.1. The van der Waals surface area contributed by atoms with Gasteiger partial charge in [-0.05, 0) is 82.3 Å². The van der Waals surface area contributed by atoms with Crippen LogP contribution in [0.25, 0.3) is 11.1 Å². The van der Waals surface area contributed by atoms with E-state index in [1.165, 1.54) is 45.2 Å². The Hall–Kier alpha value is -0.460. The first kappa shape index (κ1) is 27.8. The normalized spacial score (nSPS) is 13.4. The van der Waals surface area contributed by atoms with E-state index in [9.17, 15) is 51.9 Å². The van der Waals surface area contributed by atoms with Crippen molar-refractivity contribution in [2.24, 2.45) is 0 Å². The zero-order valence-corrected chi connectivity index (χ0v) is 23.2. The Balaban J connectivity index is 3.60. The first-order valence-corrected chi connectivity index (χ1v) is 15.6. The lowest BCUT2D eigenvalue weighted by Crippen LogP contribution is -2.16. The molecule has 2 aromatic carbocycles. The van der Waals surface area contributed by atoms with Gasteiger partial charge in [0.2, 0.25) is 0 Å². The van der Waals surface area contributed by atoms with Crippen LogP contribution in [0.2, 0.25) is 0 Å². The van der Waals surface area contributed by atoms with Crippen LogP contribution in [0, 0.1) is 21.0 Å². The van der Waals surface area contributed by atoms with Crippen molar-refractivity contribution in [2.45, 2.75) is 33.4 Å². The molecule has 0 atom stereocenters. The summed E-state index contributed by atoms with van der Waals surface area (Å²) in [7, 11) is -21.6. The average Bonchev–Trinajstić information content (AvgIpc) is 2.54. The lowest BCUT2D eigenvalue weighted by molar-refractivity contribution is 0.473. The maximum absolute atomic E-state index is 12.2. The summed E-state index contributed by atoms with van der Waals surface area (Å²) in [5.74, 6) is 0. The fourth-order valence-electron chi connectivity index (χ4n) is 2.93. The third-order valence-electron chi connectivity index (χ3n) is 4.18. The summed E-state index contributed by atoms with van der Waals surface area (Å²) < 4.78 is 136. The van der Waals surface area contributed by atoms with E-state index in [1.807, 2.05) is 0 Å². The first-order valence-electron chi connectivity index (χ1n) is 7.66. The predicted octanol–water partition coefficient (Wildman–Crippen LogP) is 2.17. The third kappa shape index (κ3) is 5.27. The molecule has 2 rings (SSSR count). The Bertz CT molecular complexity index is 1470. The number of hydrogen-bond donors (Lipinski definition) is 4. The largest absolute Gasteiger partial charge is 0.295 e. The molecule has 4 N–H and O–H groups in total. The summed E-state index contributed by atoms with van der Waals surface area (Å²) >= 11 is 2.93. The Kier molecular flexibility index (Phi) is 7.50. The molecule has 32 heavy (non-hydrogen) atoms. The van der Waals surface area contributed by atoms with Crippen molar-refractivity contribution in [3.05, 3.63) is 30.4 Å². The van der Waals surface area contributed by atoms with Gasteiger partial charge in [-0.1, -0.05) is 0 Å². The van der Waals surface area contributed by atoms with E-state index in [4.69, 9.17) is 0 Å². The number of benzene rings is 2. The summed E-state index contributed by atoms with van der Waals surface area (Å²) in [6, 6.07) is 1.40. The quantitative estimate of drug-likeness (QED) is 0.255. The maximum Gasteiger partial charge on any atom is 0.295 e. The second kappa shape index (κ2) is 8.64. The molecule has 0 saturated carbocycles. The SMILES string of the molecule is Cc1c(I)cc(S(=O)(=O)O)c(-c2c(S(=O)(=O)O)cc(I)c(C)c2S(=O)(=O)O)c1S(=O)(=O)O. The summed E-state index contributed by atoms with van der Waals surface area (Å²) in [4.78, 5) is -5.11. The Morgan fingerprint density at radius 2 is 0.812 bits per heavy atom. The zero-order valence-electron chi connectivity index (χ0n) is 15.6. The molecular formula is C14H12I2O12S4. The van der Waals surface area contributed by atoms with E-state index in [-0.39, 0.29) is 18.3 Å². The molecule has 0 bridgehead atoms. The zero-order chi connectivity index (χ0) is 25.2. The summed E-state index contributed by atoms with van der Waals surface area (Å²) in [6.45, 7) is 2.17. The summed E-state index contributed by atoms with van der Waals surface area (Å²) in [6.07, 6.45) is 0. The molecule has 0 spiro atoms. The lowest BCUT2D eigenvalue weighted by atomic mass is 10.0. The van der Waals surface area contributed by atoms with Gasteiger partial charge in [0.05, 0.1) is 0 Å². The highest BCUT2D eigenvalue weighted by Gasteiger charge is 2.37. The van der Waals surface area contributed by atoms with E-state index in [0.717, 1.165) is 13.8 Å². The van der Waals surface area contributed by atoms with Crippen LogP contribution in [-0.2, 0) is 40.5 Å². The van der Waals surface area contributed by atoms with Gasteiger partial charge in [0, 0.05) is 18.3 Å². The predicted molar refractivity (Wildman–Crippen MR) is 126 cm³/mol. The molecule has 0 aliphatic heterocycles. The van der Waals surface area contributed by atoms with Crippen molar-refractivity contribution in [1.82, 2.24) is 0 Å². The van der Waals surface area contributed by atoms with Gasteiger partial charge < -0.3 is 0 Å². The second-order valence-corrected chi connectivity index (χ2v) is 14.1. The van der Waals surface area contributed by atoms with Gasteiger partial charge in [0.15, 0.2) is 0 Å². The molecule has 0 fully saturated rings. The van der Waals surface area contributed by atoms with E-state index in [1.54, 1.807) is 0 Å². The fraction of sp³-hybridized carbons (Fsp3) is 0.143. The molecule has 0 radical (unpaired) electrons. The van der Waals surface area contributed by atoms with Gasteiger partial charge in [-0.25, -0.2) is 0 Å². The highest BCUT2D eigenvalue weighted by molar-refractivity contribution is 14.1. The molecule has 0 aliphatic carbocycles. The molecular weight excluding hydrogens is 742 g/mol. The van der Waals surface area contributed by atoms with Crippen LogP contribution in [-0.4, -0.2) is 51.9 Å². The molecule has 0 aliphatic rings. The Labute approximate surface area is 210 Å². The van der Waals surface area contributed by atoms with E-state index in [0.29, 0.717) is 12.1 Å². The van der Waals surface area contributed by atoms with Gasteiger partial charge in [-0.2, -0.15) is 33.7 Å². The van der Waals surface area contributed by atoms with E-state index >= 15 is 0 Å². The lowest BCUT2D eigenvalue weighted by Gasteiger charge is -2.21. The monoisotopic (exact) mass is 754 g/mol. The van der Waals surface area contributed by atoms with Crippen molar-refractivity contribution in [3.8, 4) is 11.1 Å². The van der Waals surface area contributed by atoms with Crippen LogP contribution in [0.3, 0.4) is 0 Å². The molecule has 2 aromatic rings. The molecule has 0 unspecified atom stereocenters. The van der Waals surface area contributed by atoms with Crippen molar-refractivity contribution in [1.29, 1.82) is 0 Å². The number of hydrogen-bond acceptors (Lipinski definition) is 8. The van der Waals surface area contributed by atoms with Crippen LogP contribution in [0.4, 0.5) is 0 Å². The smallest absolute Gasteiger partial charge is 0.282 e. The van der Waals surface area contributed by atoms with Crippen LogP contribution in [0.15, 0.2) is 31.7 Å². The minimum Gasteiger partial charge on any atom is -0.282 e. The Morgan fingerprint density at radius 3 is 1.00 bits per heavy atom. The van der Waals surface area contributed by atoms with Gasteiger partial charge in [0.25, 0.3) is 40.5 Å². The van der Waals surface area contributed by atoms with Crippen LogP contribution < -0.4 is 0 Å². The maximum atomic E-state index is 12.2. The number of halogens is 2. The Morgan fingerprint density at radius 1 is 0.562 bits per heavy atom. The summed E-state index contributed by atoms with van der Waals surface area (Å²) in [5, 5.41) is 0. The van der Waals surface area contributed by atoms with Crippen molar-refractivity contribution < 1.29 is 51.9 Å². The van der Waals surface area contributed by atoms with E-state index in [2.05, 4.69) is 0 Å².